The molecule has 0 heterocycles. The summed E-state index contributed by atoms with van der Waals surface area (Å²) in [5, 5.41) is 9.53. The SMILES string of the molecule is CC/C=C/C/C=C/CCC(=O)OC(COCCC(C(=O)O)[N+](C)(C)C)COC(=O)CCCCC/C=C/CCCCCCCC. The number of quaternary nitrogens is 1. The van der Waals surface area contributed by atoms with Crippen LogP contribution in [0.4, 0.5) is 0 Å². The third-order valence-electron chi connectivity index (χ3n) is 7.29. The van der Waals surface area contributed by atoms with Crippen LogP contribution >= 0.6 is 0 Å². The number of aliphatic carboxylic acids is 1. The largest absolute Gasteiger partial charge is 0.477 e. The van der Waals surface area contributed by atoms with Crippen LogP contribution in [0.3, 0.4) is 0 Å². The van der Waals surface area contributed by atoms with Crippen LogP contribution in [0.5, 0.6) is 0 Å². The number of hydrogen-bond acceptors (Lipinski definition) is 6. The van der Waals surface area contributed by atoms with Crippen molar-refractivity contribution < 1.29 is 38.2 Å². The maximum Gasteiger partial charge on any atom is 0.362 e. The summed E-state index contributed by atoms with van der Waals surface area (Å²) in [6, 6.07) is -0.622. The van der Waals surface area contributed by atoms with Gasteiger partial charge in [0.2, 0.25) is 0 Å². The molecular formula is C36H64NO7+. The summed E-state index contributed by atoms with van der Waals surface area (Å²) in [4.78, 5) is 36.4. The Kier molecular flexibility index (Phi) is 26.5. The molecule has 0 aliphatic carbocycles. The third kappa shape index (κ3) is 26.0. The molecule has 0 aromatic heterocycles. The molecule has 2 atom stereocenters. The van der Waals surface area contributed by atoms with Gasteiger partial charge in [0.25, 0.3) is 0 Å². The Morgan fingerprint density at radius 1 is 0.705 bits per heavy atom. The van der Waals surface area contributed by atoms with Crippen LogP contribution in [0.2, 0.25) is 0 Å². The summed E-state index contributed by atoms with van der Waals surface area (Å²) in [5.74, 6) is -1.59. The first-order valence-electron chi connectivity index (χ1n) is 17.0. The molecule has 254 valence electrons. The maximum absolute atomic E-state index is 12.5. The minimum atomic E-state index is -0.888. The fourth-order valence-corrected chi connectivity index (χ4v) is 4.61. The van der Waals surface area contributed by atoms with Crippen molar-refractivity contribution in [2.45, 2.75) is 135 Å². The Labute approximate surface area is 268 Å². The van der Waals surface area contributed by atoms with Gasteiger partial charge < -0.3 is 23.8 Å². The number of nitrogens with zero attached hydrogens (tertiary/aromatic N) is 1. The Hall–Kier alpha value is -2.45. The molecular weight excluding hydrogens is 558 g/mol. The molecule has 0 radical (unpaired) electrons. The van der Waals surface area contributed by atoms with E-state index in [2.05, 4.69) is 38.2 Å². The number of carboxylic acid groups (broad SMARTS) is 1. The molecule has 0 aliphatic rings. The minimum Gasteiger partial charge on any atom is -0.477 e. The highest BCUT2D eigenvalue weighted by Crippen LogP contribution is 2.11. The van der Waals surface area contributed by atoms with Gasteiger partial charge in [0.1, 0.15) is 6.61 Å². The van der Waals surface area contributed by atoms with Crippen molar-refractivity contribution in [3.63, 3.8) is 0 Å². The van der Waals surface area contributed by atoms with Crippen molar-refractivity contribution in [3.8, 4) is 0 Å². The summed E-state index contributed by atoms with van der Waals surface area (Å²) < 4.78 is 17.0. The lowest BCUT2D eigenvalue weighted by molar-refractivity contribution is -0.887. The number of ether oxygens (including phenoxy) is 3. The van der Waals surface area contributed by atoms with Gasteiger partial charge in [-0.3, -0.25) is 9.59 Å². The smallest absolute Gasteiger partial charge is 0.362 e. The van der Waals surface area contributed by atoms with Gasteiger partial charge >= 0.3 is 17.9 Å². The number of allylic oxidation sites excluding steroid dienone is 6. The molecule has 0 saturated heterocycles. The number of esters is 2. The lowest BCUT2D eigenvalue weighted by atomic mass is 10.1. The number of likely N-dealkylation sites (N-methyl/N-ethyl adjacent to an activating group) is 1. The lowest BCUT2D eigenvalue weighted by Crippen LogP contribution is -2.50. The second kappa shape index (κ2) is 28.1. The number of hydrogen-bond donors (Lipinski definition) is 1. The predicted octanol–water partition coefficient (Wildman–Crippen LogP) is 7.96. The van der Waals surface area contributed by atoms with Gasteiger partial charge in [-0.05, 0) is 51.4 Å². The van der Waals surface area contributed by atoms with E-state index in [-0.39, 0.29) is 42.7 Å². The summed E-state index contributed by atoms with van der Waals surface area (Å²) in [5.41, 5.74) is 0. The number of carboxylic acids is 1. The van der Waals surface area contributed by atoms with E-state index < -0.39 is 18.1 Å². The molecule has 0 aromatic rings. The van der Waals surface area contributed by atoms with E-state index in [0.29, 0.717) is 19.3 Å². The van der Waals surface area contributed by atoms with E-state index in [1.807, 2.05) is 33.3 Å². The third-order valence-corrected chi connectivity index (χ3v) is 7.29. The minimum absolute atomic E-state index is 0.0330. The van der Waals surface area contributed by atoms with Crippen molar-refractivity contribution in [1.82, 2.24) is 0 Å². The molecule has 2 unspecified atom stereocenters. The van der Waals surface area contributed by atoms with Crippen LogP contribution < -0.4 is 0 Å². The molecule has 0 fully saturated rings. The maximum atomic E-state index is 12.5. The normalized spacial score (nSPS) is 13.6. The van der Waals surface area contributed by atoms with Crippen molar-refractivity contribution in [3.05, 3.63) is 36.5 Å². The highest BCUT2D eigenvalue weighted by molar-refractivity contribution is 5.72. The molecule has 0 rings (SSSR count). The fourth-order valence-electron chi connectivity index (χ4n) is 4.61. The number of rotatable bonds is 29. The molecule has 8 nitrogen and oxygen atoms in total. The van der Waals surface area contributed by atoms with Crippen molar-refractivity contribution in [1.29, 1.82) is 0 Å². The Bertz CT molecular complexity index is 829. The number of carbonyl (C=O) groups is 3. The van der Waals surface area contributed by atoms with Gasteiger partial charge in [-0.25, -0.2) is 4.79 Å². The zero-order valence-electron chi connectivity index (χ0n) is 28.6. The van der Waals surface area contributed by atoms with Gasteiger partial charge in [0.15, 0.2) is 12.1 Å². The first-order chi connectivity index (χ1) is 21.1. The topological polar surface area (TPSA) is 99.1 Å². The highest BCUT2D eigenvalue weighted by Gasteiger charge is 2.31. The highest BCUT2D eigenvalue weighted by atomic mass is 16.6. The standard InChI is InChI=1S/C36H63NO7/c1-6-8-10-12-14-15-16-17-18-19-21-22-24-26-34(38)43-31-32(30-42-29-28-33(36(40)41)37(3,4)5)44-35(39)27-25-23-20-13-11-9-7-2/h9,11,17-18,20,23,32-33H,6-8,10,12-16,19,21-22,24-31H2,1-5H3/p+1/b11-9+,18-17+,23-20+. The second-order valence-corrected chi connectivity index (χ2v) is 12.4. The molecule has 8 heteroatoms. The van der Waals surface area contributed by atoms with E-state index in [9.17, 15) is 19.5 Å². The number of carbonyl (C=O) groups excluding carboxylic acids is 2. The molecule has 0 aromatic carbocycles. The van der Waals surface area contributed by atoms with Crippen LogP contribution in [-0.4, -0.2) is 80.6 Å². The van der Waals surface area contributed by atoms with E-state index >= 15 is 0 Å². The first kappa shape index (κ1) is 41.5. The monoisotopic (exact) mass is 622 g/mol. The number of unbranched alkanes of at least 4 members (excludes halogenated alkanes) is 9. The van der Waals surface area contributed by atoms with Gasteiger partial charge in [-0.1, -0.05) is 88.8 Å². The quantitative estimate of drug-likeness (QED) is 0.0391. The Balaban J connectivity index is 4.49. The van der Waals surface area contributed by atoms with Crippen LogP contribution in [-0.2, 0) is 28.6 Å². The Morgan fingerprint density at radius 3 is 1.95 bits per heavy atom. The average molecular weight is 623 g/mol. The van der Waals surface area contributed by atoms with E-state index in [1.54, 1.807) is 0 Å². The van der Waals surface area contributed by atoms with Crippen molar-refractivity contribution >= 4 is 17.9 Å². The van der Waals surface area contributed by atoms with Crippen molar-refractivity contribution in [2.75, 3.05) is 41.0 Å². The summed E-state index contributed by atoms with van der Waals surface area (Å²) in [7, 11) is 5.47. The van der Waals surface area contributed by atoms with Gasteiger partial charge in [0.05, 0.1) is 34.4 Å². The van der Waals surface area contributed by atoms with E-state index in [0.717, 1.165) is 44.9 Å². The molecule has 44 heavy (non-hydrogen) atoms. The second-order valence-electron chi connectivity index (χ2n) is 12.4. The molecule has 0 spiro atoms. The van der Waals surface area contributed by atoms with Crippen molar-refractivity contribution in [2.24, 2.45) is 0 Å². The zero-order valence-corrected chi connectivity index (χ0v) is 28.6. The van der Waals surface area contributed by atoms with Gasteiger partial charge in [0, 0.05) is 19.3 Å². The van der Waals surface area contributed by atoms with E-state index in [1.165, 1.54) is 38.5 Å². The molecule has 0 amide bonds. The molecule has 1 N–H and O–H groups in total. The van der Waals surface area contributed by atoms with E-state index in [4.69, 9.17) is 14.2 Å². The lowest BCUT2D eigenvalue weighted by Gasteiger charge is -2.31. The average Bonchev–Trinajstić information content (AvgIpc) is 2.96. The van der Waals surface area contributed by atoms with Crippen LogP contribution in [0.15, 0.2) is 36.5 Å². The summed E-state index contributed by atoms with van der Waals surface area (Å²) in [6.45, 7) is 4.46. The first-order valence-corrected chi connectivity index (χ1v) is 17.0. The van der Waals surface area contributed by atoms with Crippen LogP contribution in [0, 0.1) is 0 Å². The summed E-state index contributed by atoms with van der Waals surface area (Å²) in [6.07, 6.45) is 28.0. The summed E-state index contributed by atoms with van der Waals surface area (Å²) >= 11 is 0. The Morgan fingerprint density at radius 2 is 1.32 bits per heavy atom. The molecule has 0 saturated carbocycles. The molecule has 0 bridgehead atoms. The van der Waals surface area contributed by atoms with Crippen LogP contribution in [0.1, 0.15) is 123 Å². The zero-order chi connectivity index (χ0) is 32.9. The van der Waals surface area contributed by atoms with Crippen LogP contribution in [0.25, 0.3) is 0 Å². The van der Waals surface area contributed by atoms with Gasteiger partial charge in [-0.2, -0.15) is 0 Å². The fraction of sp³-hybridized carbons (Fsp3) is 0.750. The van der Waals surface area contributed by atoms with Gasteiger partial charge in [-0.15, -0.1) is 0 Å². The predicted molar refractivity (Wildman–Crippen MR) is 178 cm³/mol. The molecule has 0 aliphatic heterocycles.